The lowest BCUT2D eigenvalue weighted by atomic mass is 9.84. The van der Waals surface area contributed by atoms with E-state index in [0.29, 0.717) is 28.2 Å². The second-order valence-corrected chi connectivity index (χ2v) is 12.8. The number of likely N-dealkylation sites (tertiary alicyclic amines) is 1. The van der Waals surface area contributed by atoms with Gasteiger partial charge in [0.2, 0.25) is 0 Å². The molecular formula is C33H30F5N5O6S. The van der Waals surface area contributed by atoms with Gasteiger partial charge in [-0.2, -0.15) is 0 Å². The average molecular weight is 720 g/mol. The summed E-state index contributed by atoms with van der Waals surface area (Å²) in [5.74, 6) is -5.45. The first-order chi connectivity index (χ1) is 23.7. The Morgan fingerprint density at radius 1 is 1.20 bits per heavy atom. The number of carboxylic acids is 1. The summed E-state index contributed by atoms with van der Waals surface area (Å²) in [7, 11) is 0. The SMILES string of the molecule is CCOC(=O)C1=C(CN2CC[C@]3(F)C(=O)N(c4ccc(C(=O)O)cc4OC(F)(F)F)C[C@@H]3C2)NC(c2nccs2)=N[C@H]1c1cccc(F)c1C. The number of nitrogens with one attached hydrogen (secondary N) is 1. The largest absolute Gasteiger partial charge is 0.573 e. The number of ether oxygens (including phenoxy) is 2. The Bertz CT molecular complexity index is 1900. The molecule has 0 bridgehead atoms. The van der Waals surface area contributed by atoms with E-state index < -0.39 is 64.7 Å². The number of anilines is 1. The number of nitrogens with zero attached hydrogens (tertiary/aromatic N) is 4. The number of aromatic nitrogens is 1. The molecule has 6 rings (SSSR count). The van der Waals surface area contributed by atoms with Gasteiger partial charge in [0.25, 0.3) is 5.91 Å². The Hall–Kier alpha value is -4.90. The fraction of sp³-hybridized carbons (Fsp3) is 0.364. The van der Waals surface area contributed by atoms with Crippen LogP contribution in [0.2, 0.25) is 0 Å². The Balaban J connectivity index is 1.33. The monoisotopic (exact) mass is 719 g/mol. The average Bonchev–Trinajstić information content (AvgIpc) is 3.68. The first-order valence-corrected chi connectivity index (χ1v) is 16.3. The number of carboxylic acid groups (broad SMARTS) is 1. The van der Waals surface area contributed by atoms with Gasteiger partial charge in [-0.15, -0.1) is 24.5 Å². The maximum absolute atomic E-state index is 16.5. The van der Waals surface area contributed by atoms with Gasteiger partial charge in [0, 0.05) is 55.8 Å². The van der Waals surface area contributed by atoms with E-state index in [-0.39, 0.29) is 50.3 Å². The van der Waals surface area contributed by atoms with Crippen LogP contribution in [-0.4, -0.2) is 83.5 Å². The van der Waals surface area contributed by atoms with Crippen LogP contribution >= 0.6 is 11.3 Å². The molecule has 0 unspecified atom stereocenters. The zero-order valence-corrected chi connectivity index (χ0v) is 27.4. The number of amides is 1. The molecule has 2 aromatic carbocycles. The topological polar surface area (TPSA) is 134 Å². The molecule has 4 heterocycles. The van der Waals surface area contributed by atoms with Crippen molar-refractivity contribution in [3.63, 3.8) is 0 Å². The van der Waals surface area contributed by atoms with Crippen molar-refractivity contribution in [2.75, 3.05) is 37.7 Å². The summed E-state index contributed by atoms with van der Waals surface area (Å²) in [6.07, 6.45) is -3.96. The highest BCUT2D eigenvalue weighted by Crippen LogP contribution is 2.45. The summed E-state index contributed by atoms with van der Waals surface area (Å²) >= 11 is 1.28. The molecule has 1 aromatic heterocycles. The molecule has 0 radical (unpaired) electrons. The highest BCUT2D eigenvalue weighted by atomic mass is 32.1. The van der Waals surface area contributed by atoms with Crippen molar-refractivity contribution < 1.29 is 50.9 Å². The summed E-state index contributed by atoms with van der Waals surface area (Å²) in [5, 5.41) is 14.7. The first-order valence-electron chi connectivity index (χ1n) is 15.5. The van der Waals surface area contributed by atoms with Gasteiger partial charge in [-0.25, -0.2) is 23.4 Å². The van der Waals surface area contributed by atoms with E-state index in [1.54, 1.807) is 36.4 Å². The van der Waals surface area contributed by atoms with Gasteiger partial charge in [0.1, 0.15) is 11.9 Å². The van der Waals surface area contributed by atoms with E-state index in [9.17, 15) is 37.1 Å². The van der Waals surface area contributed by atoms with Crippen molar-refractivity contribution in [3.05, 3.63) is 86.8 Å². The van der Waals surface area contributed by atoms with Gasteiger partial charge < -0.3 is 24.8 Å². The predicted octanol–water partition coefficient (Wildman–Crippen LogP) is 5.17. The molecule has 3 atom stereocenters. The van der Waals surface area contributed by atoms with Gasteiger partial charge in [-0.05, 0) is 49.2 Å². The van der Waals surface area contributed by atoms with Crippen LogP contribution in [0.15, 0.2) is 64.2 Å². The third kappa shape index (κ3) is 6.66. The van der Waals surface area contributed by atoms with Gasteiger partial charge in [0.05, 0.1) is 23.4 Å². The second-order valence-electron chi connectivity index (χ2n) is 11.9. The first kappa shape index (κ1) is 34.9. The molecule has 2 N–H and O–H groups in total. The fourth-order valence-electron chi connectivity index (χ4n) is 6.50. The zero-order chi connectivity index (χ0) is 36.0. The summed E-state index contributed by atoms with van der Waals surface area (Å²) < 4.78 is 80.6. The molecule has 50 heavy (non-hydrogen) atoms. The zero-order valence-electron chi connectivity index (χ0n) is 26.6. The highest BCUT2D eigenvalue weighted by molar-refractivity contribution is 7.11. The number of aromatic carboxylic acids is 1. The number of alkyl halides is 4. The number of esters is 1. The minimum atomic E-state index is -5.22. The molecule has 0 saturated carbocycles. The molecule has 1 amide bonds. The molecule has 2 saturated heterocycles. The summed E-state index contributed by atoms with van der Waals surface area (Å²) in [6, 6.07) is 6.09. The van der Waals surface area contributed by atoms with Gasteiger partial charge in [-0.1, -0.05) is 12.1 Å². The maximum Gasteiger partial charge on any atom is 0.573 e. The Morgan fingerprint density at radius 2 is 1.98 bits per heavy atom. The van der Waals surface area contributed by atoms with Crippen molar-refractivity contribution in [2.45, 2.75) is 38.3 Å². The number of fused-ring (bicyclic) bond motifs is 1. The van der Waals surface area contributed by atoms with Crippen LogP contribution < -0.4 is 15.0 Å². The second kappa shape index (κ2) is 13.4. The fourth-order valence-corrected chi connectivity index (χ4v) is 7.09. The summed E-state index contributed by atoms with van der Waals surface area (Å²) in [4.78, 5) is 50.2. The standard InChI is InChI=1S/C33H30F5N5O6S/c1-3-48-30(46)25-22(40-27(28-39-10-12-50-28)41-26(25)20-5-4-6-21(34)17(20)2)16-42-11-9-32(35)19(14-42)15-43(31(32)47)23-8-7-18(29(44)45)13-24(23)49-33(36,37)38/h4-8,10,12-13,19,26H,3,9,11,14-16H2,1-2H3,(H,40,41)(H,44,45)/t19-,26-,32+/m0/s1. The van der Waals surface area contributed by atoms with Gasteiger partial charge in [0.15, 0.2) is 22.3 Å². The smallest absolute Gasteiger partial charge is 0.478 e. The molecule has 0 spiro atoms. The van der Waals surface area contributed by atoms with Crippen LogP contribution in [0.1, 0.15) is 45.9 Å². The van der Waals surface area contributed by atoms with Crippen molar-refractivity contribution in [1.82, 2.24) is 15.2 Å². The van der Waals surface area contributed by atoms with E-state index in [0.717, 1.165) is 17.0 Å². The highest BCUT2D eigenvalue weighted by Gasteiger charge is 2.58. The summed E-state index contributed by atoms with van der Waals surface area (Å²) in [5.41, 5.74) is -2.23. The minimum Gasteiger partial charge on any atom is -0.478 e. The number of benzene rings is 2. The lowest BCUT2D eigenvalue weighted by Gasteiger charge is -2.38. The number of hydrogen-bond acceptors (Lipinski definition) is 10. The van der Waals surface area contributed by atoms with E-state index in [4.69, 9.17) is 9.73 Å². The van der Waals surface area contributed by atoms with Crippen LogP contribution in [0.3, 0.4) is 0 Å². The van der Waals surface area contributed by atoms with Crippen molar-refractivity contribution >= 4 is 40.7 Å². The summed E-state index contributed by atoms with van der Waals surface area (Å²) in [6.45, 7) is 2.90. The number of halogens is 5. The molecular weight excluding hydrogens is 689 g/mol. The van der Waals surface area contributed by atoms with Crippen LogP contribution in [-0.2, 0) is 14.3 Å². The Morgan fingerprint density at radius 3 is 2.66 bits per heavy atom. The van der Waals surface area contributed by atoms with Crippen LogP contribution in [0.25, 0.3) is 0 Å². The normalized spacial score (nSPS) is 22.6. The van der Waals surface area contributed by atoms with E-state index in [1.165, 1.54) is 23.5 Å². The number of rotatable bonds is 9. The minimum absolute atomic E-state index is 0.0138. The lowest BCUT2D eigenvalue weighted by molar-refractivity contribution is -0.274. The number of amidine groups is 1. The third-order valence-corrected chi connectivity index (χ3v) is 9.67. The van der Waals surface area contributed by atoms with E-state index >= 15 is 4.39 Å². The molecule has 3 aliphatic heterocycles. The van der Waals surface area contributed by atoms with E-state index in [1.807, 2.05) is 0 Å². The van der Waals surface area contributed by atoms with E-state index in [2.05, 4.69) is 15.0 Å². The van der Waals surface area contributed by atoms with Crippen molar-refractivity contribution in [2.24, 2.45) is 10.9 Å². The molecule has 11 nitrogen and oxygen atoms in total. The van der Waals surface area contributed by atoms with Crippen molar-refractivity contribution in [1.29, 1.82) is 0 Å². The molecule has 2 fully saturated rings. The Kier molecular flexibility index (Phi) is 9.39. The molecule has 3 aromatic rings. The molecule has 264 valence electrons. The number of aliphatic imine (C=N–C) groups is 1. The quantitative estimate of drug-likeness (QED) is 0.227. The number of thiazole rings is 1. The number of hydrogen-bond donors (Lipinski definition) is 2. The number of piperidine rings is 1. The number of carbonyl (C=O) groups is 3. The molecule has 17 heteroatoms. The molecule has 3 aliphatic rings. The predicted molar refractivity (Wildman–Crippen MR) is 170 cm³/mol. The molecule has 0 aliphatic carbocycles. The Labute approximate surface area is 286 Å². The van der Waals surface area contributed by atoms with Crippen LogP contribution in [0.5, 0.6) is 5.75 Å². The maximum atomic E-state index is 16.5. The van der Waals surface area contributed by atoms with Gasteiger partial charge >= 0.3 is 18.3 Å². The van der Waals surface area contributed by atoms with Crippen molar-refractivity contribution in [3.8, 4) is 5.75 Å². The lowest BCUT2D eigenvalue weighted by Crippen LogP contribution is -2.52. The number of carbonyl (C=O) groups excluding carboxylic acids is 2. The van der Waals surface area contributed by atoms with Crippen LogP contribution in [0, 0.1) is 18.7 Å². The van der Waals surface area contributed by atoms with Crippen LogP contribution in [0.4, 0.5) is 27.6 Å². The third-order valence-electron chi connectivity index (χ3n) is 8.89. The van der Waals surface area contributed by atoms with Gasteiger partial charge in [-0.3, -0.25) is 14.7 Å².